The van der Waals surface area contributed by atoms with E-state index < -0.39 is 0 Å². The number of nitrogens with zero attached hydrogens (tertiary/aromatic N) is 3. The van der Waals surface area contributed by atoms with E-state index in [0.717, 1.165) is 68.9 Å². The Balaban J connectivity index is 0.000000718. The molecule has 2 rings (SSSR count). The van der Waals surface area contributed by atoms with Gasteiger partial charge in [-0.15, -0.1) is 0 Å². The van der Waals surface area contributed by atoms with Crippen LogP contribution in [0.1, 0.15) is 39.2 Å². The van der Waals surface area contributed by atoms with Crippen LogP contribution in [0.4, 0.5) is 5.69 Å². The number of piperidine rings is 1. The molecule has 192 valence electrons. The minimum Gasteiger partial charge on any atom is -0.497 e. The standard InChI is InChI=1S/C21H34N4O2.C5H10O2/c1-17(15-23(2)3)25-12-9-19(10-13-25)24(4)11-8-18-14-20(27-5)6-7-21(18)22-16-26;1-5(2,3)7-4-6/h6-7,14,16,19H,1,8-13,15H2,2-5H3,(H,22,26);4H,1-3H3. The second-order valence-electron chi connectivity index (χ2n) is 9.86. The number of carbonyl (C=O) groups is 2. The van der Waals surface area contributed by atoms with Crippen molar-refractivity contribution in [2.45, 2.75) is 51.7 Å². The summed E-state index contributed by atoms with van der Waals surface area (Å²) in [4.78, 5) is 27.5. The average molecular weight is 477 g/mol. The lowest BCUT2D eigenvalue weighted by molar-refractivity contribution is -0.138. The van der Waals surface area contributed by atoms with Gasteiger partial charge in [0.15, 0.2) is 0 Å². The summed E-state index contributed by atoms with van der Waals surface area (Å²) in [5.74, 6) is 0.816. The fourth-order valence-electron chi connectivity index (χ4n) is 3.82. The van der Waals surface area contributed by atoms with Crippen LogP contribution in [0.15, 0.2) is 30.5 Å². The van der Waals surface area contributed by atoms with Crippen LogP contribution in [0.25, 0.3) is 0 Å². The highest BCUT2D eigenvalue weighted by molar-refractivity contribution is 5.73. The molecule has 0 bridgehead atoms. The van der Waals surface area contributed by atoms with Crippen molar-refractivity contribution < 1.29 is 19.1 Å². The number of carbonyl (C=O) groups excluding carboxylic acids is 2. The van der Waals surface area contributed by atoms with E-state index in [1.54, 1.807) is 7.11 Å². The Hall–Kier alpha value is -2.58. The van der Waals surface area contributed by atoms with E-state index in [1.165, 1.54) is 5.70 Å². The van der Waals surface area contributed by atoms with Crippen LogP contribution in [0, 0.1) is 0 Å². The van der Waals surface area contributed by atoms with Crippen LogP contribution >= 0.6 is 0 Å². The van der Waals surface area contributed by atoms with Crippen LogP contribution in [-0.4, -0.2) is 93.7 Å². The molecule has 1 amide bonds. The Kier molecular flexibility index (Phi) is 12.7. The maximum Gasteiger partial charge on any atom is 0.293 e. The van der Waals surface area contributed by atoms with Gasteiger partial charge in [-0.3, -0.25) is 9.59 Å². The van der Waals surface area contributed by atoms with Gasteiger partial charge in [0.05, 0.1) is 7.11 Å². The molecule has 1 N–H and O–H groups in total. The van der Waals surface area contributed by atoms with Gasteiger partial charge < -0.3 is 29.5 Å². The molecule has 0 unspecified atom stereocenters. The van der Waals surface area contributed by atoms with Crippen molar-refractivity contribution in [2.75, 3.05) is 59.7 Å². The third kappa shape index (κ3) is 11.0. The number of hydrogen-bond acceptors (Lipinski definition) is 7. The number of anilines is 1. The fraction of sp³-hybridized carbons (Fsp3) is 0.615. The van der Waals surface area contributed by atoms with Crippen LogP contribution in [0.2, 0.25) is 0 Å². The second-order valence-corrected chi connectivity index (χ2v) is 9.86. The highest BCUT2D eigenvalue weighted by Crippen LogP contribution is 2.24. The number of benzene rings is 1. The van der Waals surface area contributed by atoms with E-state index in [-0.39, 0.29) is 5.60 Å². The van der Waals surface area contributed by atoms with E-state index in [9.17, 15) is 9.59 Å². The number of nitrogens with one attached hydrogen (secondary N) is 1. The first-order valence-corrected chi connectivity index (χ1v) is 11.8. The quantitative estimate of drug-likeness (QED) is 0.492. The van der Waals surface area contributed by atoms with Crippen molar-refractivity contribution in [3.05, 3.63) is 36.0 Å². The molecule has 0 aliphatic carbocycles. The van der Waals surface area contributed by atoms with Gasteiger partial charge in [-0.25, -0.2) is 0 Å². The van der Waals surface area contributed by atoms with Crippen LogP contribution in [0.5, 0.6) is 5.75 Å². The first kappa shape index (κ1) is 29.5. The zero-order chi connectivity index (χ0) is 25.7. The molecule has 34 heavy (non-hydrogen) atoms. The first-order valence-electron chi connectivity index (χ1n) is 11.8. The smallest absolute Gasteiger partial charge is 0.293 e. The Morgan fingerprint density at radius 1 is 1.21 bits per heavy atom. The van der Waals surface area contributed by atoms with E-state index >= 15 is 0 Å². The topological polar surface area (TPSA) is 74.3 Å². The van der Waals surface area contributed by atoms with Crippen molar-refractivity contribution in [2.24, 2.45) is 0 Å². The summed E-state index contributed by atoms with van der Waals surface area (Å²) in [5, 5.41) is 2.79. The SMILES string of the molecule is C=C(CN(C)C)N1CCC(N(C)CCc2cc(OC)ccc2NC=O)CC1.CC(C)(C)OC=O. The lowest BCUT2D eigenvalue weighted by atomic mass is 10.0. The van der Waals surface area contributed by atoms with Gasteiger partial charge in [0, 0.05) is 43.6 Å². The molecule has 8 nitrogen and oxygen atoms in total. The Bertz CT molecular complexity index is 769. The lowest BCUT2D eigenvalue weighted by Crippen LogP contribution is -2.44. The molecule has 0 atom stereocenters. The van der Waals surface area contributed by atoms with Crippen molar-refractivity contribution in [3.8, 4) is 5.75 Å². The zero-order valence-corrected chi connectivity index (χ0v) is 22.1. The summed E-state index contributed by atoms with van der Waals surface area (Å²) in [6.45, 7) is 14.2. The Morgan fingerprint density at radius 2 is 1.85 bits per heavy atom. The fourth-order valence-corrected chi connectivity index (χ4v) is 3.82. The van der Waals surface area contributed by atoms with Gasteiger partial charge in [0.2, 0.25) is 6.41 Å². The molecule has 1 aromatic carbocycles. The molecule has 0 spiro atoms. The maximum absolute atomic E-state index is 10.9. The third-order valence-electron chi connectivity index (χ3n) is 5.70. The molecular weight excluding hydrogens is 432 g/mol. The summed E-state index contributed by atoms with van der Waals surface area (Å²) in [6, 6.07) is 6.36. The molecule has 1 aliphatic rings. The normalized spacial score (nSPS) is 14.3. The van der Waals surface area contributed by atoms with Gasteiger partial charge in [-0.05, 0) is 84.9 Å². The molecule has 8 heteroatoms. The number of ether oxygens (including phenoxy) is 2. The summed E-state index contributed by atoms with van der Waals surface area (Å²) in [7, 11) is 8.02. The van der Waals surface area contributed by atoms with Crippen molar-refractivity contribution in [1.29, 1.82) is 0 Å². The zero-order valence-electron chi connectivity index (χ0n) is 22.1. The van der Waals surface area contributed by atoms with Gasteiger partial charge in [0.1, 0.15) is 11.4 Å². The van der Waals surface area contributed by atoms with E-state index in [1.807, 2.05) is 39.0 Å². The van der Waals surface area contributed by atoms with Crippen LogP contribution < -0.4 is 10.1 Å². The lowest BCUT2D eigenvalue weighted by Gasteiger charge is -2.39. The molecule has 1 saturated heterocycles. The molecule has 1 fully saturated rings. The minimum absolute atomic E-state index is 0.318. The predicted molar refractivity (Wildman–Crippen MR) is 138 cm³/mol. The molecule has 1 heterocycles. The Labute approximate surface area is 205 Å². The Morgan fingerprint density at radius 3 is 2.32 bits per heavy atom. The highest BCUT2D eigenvalue weighted by Gasteiger charge is 2.23. The van der Waals surface area contributed by atoms with Gasteiger partial charge >= 0.3 is 0 Å². The first-order chi connectivity index (χ1) is 16.0. The number of rotatable bonds is 11. The van der Waals surface area contributed by atoms with E-state index in [0.29, 0.717) is 12.5 Å². The van der Waals surface area contributed by atoms with E-state index in [4.69, 9.17) is 4.74 Å². The second kappa shape index (κ2) is 14.6. The molecule has 1 aliphatic heterocycles. The minimum atomic E-state index is -0.318. The number of hydrogen-bond donors (Lipinski definition) is 1. The highest BCUT2D eigenvalue weighted by atomic mass is 16.5. The predicted octanol–water partition coefficient (Wildman–Crippen LogP) is 3.24. The number of methoxy groups -OCH3 is 1. The van der Waals surface area contributed by atoms with Crippen LogP contribution in [0.3, 0.4) is 0 Å². The molecular formula is C26H44N4O4. The van der Waals surface area contributed by atoms with E-state index in [2.05, 4.69) is 52.5 Å². The maximum atomic E-state index is 10.9. The summed E-state index contributed by atoms with van der Waals surface area (Å²) in [5.41, 5.74) is 2.85. The molecule has 0 saturated carbocycles. The third-order valence-corrected chi connectivity index (χ3v) is 5.70. The van der Waals surface area contributed by atoms with Crippen molar-refractivity contribution in [1.82, 2.24) is 14.7 Å². The molecule has 1 aromatic rings. The van der Waals surface area contributed by atoms with Gasteiger partial charge in [-0.2, -0.15) is 0 Å². The summed E-state index contributed by atoms with van der Waals surface area (Å²) in [6.07, 6.45) is 3.91. The largest absolute Gasteiger partial charge is 0.497 e. The monoisotopic (exact) mass is 476 g/mol. The van der Waals surface area contributed by atoms with Crippen molar-refractivity contribution in [3.63, 3.8) is 0 Å². The summed E-state index contributed by atoms with van der Waals surface area (Å²) >= 11 is 0. The van der Waals surface area contributed by atoms with Gasteiger partial charge in [-0.1, -0.05) is 6.58 Å². The van der Waals surface area contributed by atoms with Crippen LogP contribution in [-0.2, 0) is 20.7 Å². The number of likely N-dealkylation sites (N-methyl/N-ethyl adjacent to an activating group) is 2. The number of amides is 1. The summed E-state index contributed by atoms with van der Waals surface area (Å²) < 4.78 is 9.87. The molecule has 0 aromatic heterocycles. The average Bonchev–Trinajstić information content (AvgIpc) is 2.77. The molecule has 0 radical (unpaired) electrons. The number of likely N-dealkylation sites (tertiary alicyclic amines) is 1. The van der Waals surface area contributed by atoms with Gasteiger partial charge in [0.25, 0.3) is 6.47 Å². The van der Waals surface area contributed by atoms with Crippen molar-refractivity contribution >= 4 is 18.6 Å².